The fourth-order valence-electron chi connectivity index (χ4n) is 3.08. The van der Waals surface area contributed by atoms with Gasteiger partial charge in [-0.25, -0.2) is 9.97 Å². The molecule has 1 aromatic carbocycles. The Kier molecular flexibility index (Phi) is 4.64. The fourth-order valence-corrected chi connectivity index (χ4v) is 3.64. The van der Waals surface area contributed by atoms with Crippen molar-refractivity contribution in [3.63, 3.8) is 0 Å². The van der Waals surface area contributed by atoms with Gasteiger partial charge in [0.2, 0.25) is 0 Å². The third-order valence-corrected chi connectivity index (χ3v) is 5.12. The van der Waals surface area contributed by atoms with E-state index in [-0.39, 0.29) is 5.92 Å². The summed E-state index contributed by atoms with van der Waals surface area (Å²) in [6, 6.07) is 8.21. The van der Waals surface area contributed by atoms with Gasteiger partial charge in [-0.05, 0) is 36.2 Å². The monoisotopic (exact) mass is 374 g/mol. The van der Waals surface area contributed by atoms with Gasteiger partial charge in [-0.2, -0.15) is 0 Å². The highest BCUT2D eigenvalue weighted by Crippen LogP contribution is 2.33. The molecule has 1 atom stereocenters. The molecule has 3 heterocycles. The molecule has 0 radical (unpaired) electrons. The average molecular weight is 374 g/mol. The van der Waals surface area contributed by atoms with Crippen LogP contribution in [0.1, 0.15) is 36.6 Å². The van der Waals surface area contributed by atoms with Crippen LogP contribution in [0, 0.1) is 0 Å². The molecule has 4 aromatic rings. The predicted octanol–water partition coefficient (Wildman–Crippen LogP) is 5.86. The van der Waals surface area contributed by atoms with Crippen LogP contribution in [-0.4, -0.2) is 21.3 Å². The zero-order chi connectivity index (χ0) is 18.8. The first kappa shape index (κ1) is 17.3. The Morgan fingerprint density at radius 1 is 1.26 bits per heavy atom. The Morgan fingerprint density at radius 2 is 2.15 bits per heavy atom. The molecule has 0 saturated heterocycles. The summed E-state index contributed by atoms with van der Waals surface area (Å²) in [6.07, 6.45) is 5.37. The van der Waals surface area contributed by atoms with Crippen molar-refractivity contribution < 1.29 is 4.52 Å². The zero-order valence-electron chi connectivity index (χ0n) is 15.1. The summed E-state index contributed by atoms with van der Waals surface area (Å²) in [7, 11) is 0. The molecule has 4 rings (SSSR count). The molecule has 0 spiro atoms. The van der Waals surface area contributed by atoms with E-state index in [1.165, 1.54) is 0 Å². The molecule has 0 N–H and O–H groups in total. The number of hydrogen-bond donors (Lipinski definition) is 0. The van der Waals surface area contributed by atoms with Crippen molar-refractivity contribution in [1.82, 2.24) is 15.1 Å². The van der Waals surface area contributed by atoms with E-state index < -0.39 is 0 Å². The molecule has 0 aliphatic rings. The first-order valence-electron chi connectivity index (χ1n) is 8.60. The van der Waals surface area contributed by atoms with Gasteiger partial charge in [0.05, 0.1) is 22.3 Å². The summed E-state index contributed by atoms with van der Waals surface area (Å²) in [6.45, 7) is 7.91. The van der Waals surface area contributed by atoms with E-state index in [0.717, 1.165) is 39.2 Å². The van der Waals surface area contributed by atoms with Gasteiger partial charge in [0.1, 0.15) is 5.69 Å². The van der Waals surface area contributed by atoms with Crippen LogP contribution in [0.25, 0.3) is 28.4 Å². The number of nitrogens with zero attached hydrogens (tertiary/aromatic N) is 4. The molecule has 3 aromatic heterocycles. The van der Waals surface area contributed by atoms with Crippen LogP contribution >= 0.6 is 11.3 Å². The van der Waals surface area contributed by atoms with Crippen molar-refractivity contribution in [3.05, 3.63) is 64.8 Å². The van der Waals surface area contributed by atoms with E-state index in [2.05, 4.69) is 45.8 Å². The Labute approximate surface area is 161 Å². The summed E-state index contributed by atoms with van der Waals surface area (Å²) < 4.78 is 5.46. The number of benzene rings is 1. The van der Waals surface area contributed by atoms with Gasteiger partial charge >= 0.3 is 0 Å². The second-order valence-corrected chi connectivity index (χ2v) is 6.87. The topological polar surface area (TPSA) is 64.2 Å². The standard InChI is InChI=1S/C21H18N4OS/c1-4-14-8-15(6-7-18(14)22-5-2)13(3)20-17-9-16(19-11-27-12-24-19)10-23-21(17)26-25-20/h4-13H,1H2,2-3H3/b22-5-. The van der Waals surface area contributed by atoms with Gasteiger partial charge in [0, 0.05) is 29.3 Å². The van der Waals surface area contributed by atoms with Gasteiger partial charge in [0.15, 0.2) is 0 Å². The predicted molar refractivity (Wildman–Crippen MR) is 111 cm³/mol. The number of pyridine rings is 1. The van der Waals surface area contributed by atoms with E-state index in [0.29, 0.717) is 5.71 Å². The molecule has 0 saturated carbocycles. The molecule has 0 aliphatic heterocycles. The quantitative estimate of drug-likeness (QED) is 0.410. The van der Waals surface area contributed by atoms with Crippen LogP contribution in [0.4, 0.5) is 5.69 Å². The van der Waals surface area contributed by atoms with Crippen molar-refractivity contribution in [2.75, 3.05) is 0 Å². The lowest BCUT2D eigenvalue weighted by Crippen LogP contribution is -1.98. The molecule has 5 nitrogen and oxygen atoms in total. The van der Waals surface area contributed by atoms with Gasteiger partial charge in [-0.1, -0.05) is 30.8 Å². The SMILES string of the molecule is C=Cc1cc(C(C)c2noc3ncc(-c4cscn4)cc23)ccc1/N=C\C. The van der Waals surface area contributed by atoms with Crippen LogP contribution < -0.4 is 0 Å². The highest BCUT2D eigenvalue weighted by Gasteiger charge is 2.19. The smallest absolute Gasteiger partial charge is 0.257 e. The Bertz CT molecular complexity index is 1130. The van der Waals surface area contributed by atoms with Crippen LogP contribution in [0.2, 0.25) is 0 Å². The minimum atomic E-state index is 0.0390. The third kappa shape index (κ3) is 3.19. The summed E-state index contributed by atoms with van der Waals surface area (Å²) in [5, 5.41) is 7.21. The van der Waals surface area contributed by atoms with E-state index >= 15 is 0 Å². The maximum atomic E-state index is 5.46. The molecule has 27 heavy (non-hydrogen) atoms. The Morgan fingerprint density at radius 3 is 2.89 bits per heavy atom. The van der Waals surface area contributed by atoms with Gasteiger partial charge in [-0.3, -0.25) is 4.99 Å². The van der Waals surface area contributed by atoms with Crippen molar-refractivity contribution in [2.45, 2.75) is 19.8 Å². The largest absolute Gasteiger partial charge is 0.336 e. The summed E-state index contributed by atoms with van der Waals surface area (Å²) in [5.74, 6) is 0.0390. The average Bonchev–Trinajstić information content (AvgIpc) is 3.37. The minimum Gasteiger partial charge on any atom is -0.336 e. The van der Waals surface area contributed by atoms with E-state index in [9.17, 15) is 0 Å². The first-order chi connectivity index (χ1) is 13.2. The van der Waals surface area contributed by atoms with Crippen LogP contribution in [0.3, 0.4) is 0 Å². The van der Waals surface area contributed by atoms with Crippen LogP contribution in [0.5, 0.6) is 0 Å². The lowest BCUT2D eigenvalue weighted by atomic mass is 9.93. The summed E-state index contributed by atoms with van der Waals surface area (Å²) in [5.41, 5.74) is 8.09. The van der Waals surface area contributed by atoms with E-state index in [1.54, 1.807) is 23.7 Å². The van der Waals surface area contributed by atoms with E-state index in [4.69, 9.17) is 4.52 Å². The number of rotatable bonds is 5. The number of aromatic nitrogens is 3. The maximum absolute atomic E-state index is 5.46. The van der Waals surface area contributed by atoms with Crippen molar-refractivity contribution in [1.29, 1.82) is 0 Å². The normalized spacial score (nSPS) is 12.7. The highest BCUT2D eigenvalue weighted by molar-refractivity contribution is 7.07. The third-order valence-electron chi connectivity index (χ3n) is 4.54. The summed E-state index contributed by atoms with van der Waals surface area (Å²) in [4.78, 5) is 13.2. The lowest BCUT2D eigenvalue weighted by Gasteiger charge is -2.11. The molecule has 0 bridgehead atoms. The Balaban J connectivity index is 1.77. The molecule has 0 aliphatic carbocycles. The van der Waals surface area contributed by atoms with Crippen LogP contribution in [-0.2, 0) is 0 Å². The zero-order valence-corrected chi connectivity index (χ0v) is 15.9. The summed E-state index contributed by atoms with van der Waals surface area (Å²) >= 11 is 1.56. The molecular formula is C21H18N4OS. The van der Waals surface area contributed by atoms with Gasteiger partial charge in [0.25, 0.3) is 5.71 Å². The van der Waals surface area contributed by atoms with E-state index in [1.807, 2.05) is 36.0 Å². The second-order valence-electron chi connectivity index (χ2n) is 6.15. The molecule has 0 fully saturated rings. The first-order valence-corrected chi connectivity index (χ1v) is 9.54. The Hall–Kier alpha value is -3.12. The number of aliphatic imine (C=N–C) groups is 1. The highest BCUT2D eigenvalue weighted by atomic mass is 32.1. The number of thiazole rings is 1. The van der Waals surface area contributed by atoms with Crippen molar-refractivity contribution in [2.24, 2.45) is 4.99 Å². The number of fused-ring (bicyclic) bond motifs is 1. The van der Waals surface area contributed by atoms with Gasteiger partial charge < -0.3 is 4.52 Å². The van der Waals surface area contributed by atoms with Crippen molar-refractivity contribution in [3.8, 4) is 11.3 Å². The molecule has 134 valence electrons. The number of hydrogen-bond acceptors (Lipinski definition) is 6. The molecule has 6 heteroatoms. The molecule has 1 unspecified atom stereocenters. The second kappa shape index (κ2) is 7.25. The lowest BCUT2D eigenvalue weighted by molar-refractivity contribution is 0.436. The fraction of sp³-hybridized carbons (Fsp3) is 0.143. The molecular weight excluding hydrogens is 356 g/mol. The van der Waals surface area contributed by atoms with Crippen LogP contribution in [0.15, 0.2) is 57.4 Å². The minimum absolute atomic E-state index is 0.0390. The maximum Gasteiger partial charge on any atom is 0.257 e. The molecule has 0 amide bonds. The van der Waals surface area contributed by atoms with Gasteiger partial charge in [-0.15, -0.1) is 11.3 Å². The van der Waals surface area contributed by atoms with Crippen molar-refractivity contribution >= 4 is 40.4 Å².